The summed E-state index contributed by atoms with van der Waals surface area (Å²) in [4.78, 5) is 12.4. The smallest absolute Gasteiger partial charge is 0.409 e. The zero-order valence-electron chi connectivity index (χ0n) is 7.04. The van der Waals surface area contributed by atoms with Gasteiger partial charge in [0.05, 0.1) is 0 Å². The molecule has 0 aromatic rings. The zero-order chi connectivity index (χ0) is 8.27. The molecule has 1 aliphatic carbocycles. The monoisotopic (exact) mass is 156 g/mol. The first-order chi connectivity index (χ1) is 5.20. The van der Waals surface area contributed by atoms with Crippen LogP contribution in [-0.2, 0) is 4.74 Å². The predicted molar refractivity (Wildman–Crippen MR) is 42.1 cm³/mol. The van der Waals surface area contributed by atoms with Crippen LogP contribution in [0.3, 0.4) is 0 Å². The van der Waals surface area contributed by atoms with Crippen molar-refractivity contribution in [2.75, 3.05) is 14.1 Å². The van der Waals surface area contributed by atoms with Gasteiger partial charge in [-0.05, 0) is 25.7 Å². The van der Waals surface area contributed by atoms with E-state index in [-0.39, 0.29) is 12.2 Å². The summed E-state index contributed by atoms with van der Waals surface area (Å²) >= 11 is 0. The molecule has 1 rings (SSSR count). The molecule has 0 bridgehead atoms. The van der Waals surface area contributed by atoms with Gasteiger partial charge in [-0.3, -0.25) is 0 Å². The van der Waals surface area contributed by atoms with E-state index in [1.54, 1.807) is 14.1 Å². The molecule has 1 atom stereocenters. The lowest BCUT2D eigenvalue weighted by Gasteiger charge is -2.15. The van der Waals surface area contributed by atoms with Crippen molar-refractivity contribution < 1.29 is 9.53 Å². The molecule has 0 aliphatic heterocycles. The van der Waals surface area contributed by atoms with E-state index in [2.05, 4.69) is 6.42 Å². The molecule has 1 saturated carbocycles. The molecule has 1 fully saturated rings. The largest absolute Gasteiger partial charge is 0.446 e. The molecule has 1 amide bonds. The summed E-state index contributed by atoms with van der Waals surface area (Å²) in [5.41, 5.74) is 0. The fourth-order valence-electron chi connectivity index (χ4n) is 1.08. The molecule has 0 aromatic carbocycles. The van der Waals surface area contributed by atoms with Crippen molar-refractivity contribution in [3.8, 4) is 0 Å². The van der Waals surface area contributed by atoms with Crippen LogP contribution in [-0.4, -0.2) is 31.2 Å². The molecule has 1 unspecified atom stereocenters. The highest BCUT2D eigenvalue weighted by atomic mass is 16.6. The van der Waals surface area contributed by atoms with Gasteiger partial charge in [-0.2, -0.15) is 0 Å². The van der Waals surface area contributed by atoms with Gasteiger partial charge in [-0.15, -0.1) is 0 Å². The third-order valence-corrected chi connectivity index (χ3v) is 1.75. The molecule has 0 spiro atoms. The van der Waals surface area contributed by atoms with Crippen LogP contribution in [0.4, 0.5) is 4.79 Å². The van der Waals surface area contributed by atoms with Crippen LogP contribution in [0.2, 0.25) is 0 Å². The summed E-state index contributed by atoms with van der Waals surface area (Å²) in [7, 11) is 3.39. The number of nitrogens with zero attached hydrogens (tertiary/aromatic N) is 1. The van der Waals surface area contributed by atoms with Gasteiger partial charge in [0.1, 0.15) is 6.10 Å². The van der Waals surface area contributed by atoms with Gasteiger partial charge < -0.3 is 9.64 Å². The molecule has 0 heterocycles. The lowest BCUT2D eigenvalue weighted by Crippen LogP contribution is -2.26. The highest BCUT2D eigenvalue weighted by Gasteiger charge is 2.19. The van der Waals surface area contributed by atoms with E-state index in [1.165, 1.54) is 4.90 Å². The third-order valence-electron chi connectivity index (χ3n) is 1.75. The highest BCUT2D eigenvalue weighted by molar-refractivity contribution is 5.67. The van der Waals surface area contributed by atoms with E-state index in [9.17, 15) is 4.79 Å². The Balaban J connectivity index is 2.24. The van der Waals surface area contributed by atoms with Crippen LogP contribution in [0.1, 0.15) is 19.3 Å². The summed E-state index contributed by atoms with van der Waals surface area (Å²) in [5.74, 6) is 0. The van der Waals surface area contributed by atoms with Gasteiger partial charge in [-0.25, -0.2) is 4.79 Å². The number of ether oxygens (including phenoxy) is 1. The minimum Gasteiger partial charge on any atom is -0.446 e. The second kappa shape index (κ2) is 3.60. The van der Waals surface area contributed by atoms with Crippen LogP contribution >= 0.6 is 0 Å². The van der Waals surface area contributed by atoms with E-state index >= 15 is 0 Å². The van der Waals surface area contributed by atoms with Gasteiger partial charge in [0.2, 0.25) is 0 Å². The Morgan fingerprint density at radius 2 is 2.36 bits per heavy atom. The Morgan fingerprint density at radius 3 is 2.82 bits per heavy atom. The van der Waals surface area contributed by atoms with Crippen molar-refractivity contribution in [1.82, 2.24) is 4.90 Å². The summed E-state index contributed by atoms with van der Waals surface area (Å²) in [6, 6.07) is 0. The molecule has 0 aromatic heterocycles. The Hall–Kier alpha value is -0.730. The molecule has 63 valence electrons. The van der Waals surface area contributed by atoms with Gasteiger partial charge in [0.15, 0.2) is 0 Å². The number of carbonyl (C=O) groups is 1. The van der Waals surface area contributed by atoms with Crippen LogP contribution in [0.15, 0.2) is 0 Å². The lowest BCUT2D eigenvalue weighted by atomic mass is 10.3. The van der Waals surface area contributed by atoms with Gasteiger partial charge >= 0.3 is 6.09 Å². The van der Waals surface area contributed by atoms with Crippen molar-refractivity contribution >= 4 is 6.09 Å². The number of amides is 1. The van der Waals surface area contributed by atoms with Crippen molar-refractivity contribution in [2.24, 2.45) is 0 Å². The van der Waals surface area contributed by atoms with Crippen molar-refractivity contribution in [3.63, 3.8) is 0 Å². The highest BCUT2D eigenvalue weighted by Crippen LogP contribution is 2.20. The topological polar surface area (TPSA) is 29.5 Å². The Labute approximate surface area is 67.3 Å². The molecule has 0 N–H and O–H groups in total. The minimum atomic E-state index is -0.231. The van der Waals surface area contributed by atoms with Gasteiger partial charge in [0.25, 0.3) is 0 Å². The Morgan fingerprint density at radius 1 is 1.64 bits per heavy atom. The molecule has 1 radical (unpaired) electrons. The van der Waals surface area contributed by atoms with Crippen molar-refractivity contribution in [1.29, 1.82) is 0 Å². The average molecular weight is 156 g/mol. The van der Waals surface area contributed by atoms with E-state index in [4.69, 9.17) is 4.74 Å². The second-order valence-electron chi connectivity index (χ2n) is 3.00. The third kappa shape index (κ3) is 2.41. The van der Waals surface area contributed by atoms with Crippen LogP contribution in [0.25, 0.3) is 0 Å². The zero-order valence-corrected chi connectivity index (χ0v) is 7.04. The number of hydrogen-bond acceptors (Lipinski definition) is 2. The average Bonchev–Trinajstić information content (AvgIpc) is 2.39. The fourth-order valence-corrected chi connectivity index (χ4v) is 1.08. The maximum absolute atomic E-state index is 11.0. The second-order valence-corrected chi connectivity index (χ2v) is 3.00. The van der Waals surface area contributed by atoms with E-state index in [0.29, 0.717) is 0 Å². The maximum atomic E-state index is 11.0. The lowest BCUT2D eigenvalue weighted by molar-refractivity contribution is 0.0788. The predicted octanol–water partition coefficient (Wildman–Crippen LogP) is 1.44. The Bertz CT molecular complexity index is 139. The van der Waals surface area contributed by atoms with Crippen LogP contribution in [0, 0.1) is 6.42 Å². The first-order valence-corrected chi connectivity index (χ1v) is 3.89. The van der Waals surface area contributed by atoms with Crippen LogP contribution < -0.4 is 0 Å². The Kier molecular flexibility index (Phi) is 2.74. The van der Waals surface area contributed by atoms with Gasteiger partial charge in [0, 0.05) is 14.1 Å². The fraction of sp³-hybridized carbons (Fsp3) is 0.750. The van der Waals surface area contributed by atoms with Gasteiger partial charge in [-0.1, -0.05) is 0 Å². The minimum absolute atomic E-state index is 0.130. The van der Waals surface area contributed by atoms with Crippen molar-refractivity contribution in [3.05, 3.63) is 6.42 Å². The molecule has 3 nitrogen and oxygen atoms in total. The number of hydrogen-bond donors (Lipinski definition) is 0. The molecular formula is C8H14NO2. The number of carbonyl (C=O) groups excluding carboxylic acids is 1. The first-order valence-electron chi connectivity index (χ1n) is 3.89. The molecule has 1 aliphatic rings. The summed E-state index contributed by atoms with van der Waals surface area (Å²) in [6.45, 7) is 0. The van der Waals surface area contributed by atoms with E-state index in [1.807, 2.05) is 0 Å². The first kappa shape index (κ1) is 8.37. The standard InChI is InChI=1S/C8H14NO2/c1-9(2)8(10)11-7-5-3-4-6-7/h3,7H,4-6H2,1-2H3. The SMILES string of the molecule is CN(C)C(=O)OC1C[CH]CC1. The molecule has 0 saturated heterocycles. The molecule has 11 heavy (non-hydrogen) atoms. The normalized spacial score (nSPS) is 18.4. The van der Waals surface area contributed by atoms with Crippen LogP contribution in [0.5, 0.6) is 0 Å². The maximum Gasteiger partial charge on any atom is 0.409 e. The summed E-state index contributed by atoms with van der Waals surface area (Å²) in [6.07, 6.45) is 5.04. The van der Waals surface area contributed by atoms with E-state index in [0.717, 1.165) is 19.3 Å². The molecule has 3 heteroatoms. The van der Waals surface area contributed by atoms with E-state index < -0.39 is 0 Å². The quantitative estimate of drug-likeness (QED) is 0.575. The van der Waals surface area contributed by atoms with Crippen molar-refractivity contribution in [2.45, 2.75) is 25.4 Å². The molecular weight excluding hydrogens is 142 g/mol. The summed E-state index contributed by atoms with van der Waals surface area (Å²) < 4.78 is 5.13. The summed E-state index contributed by atoms with van der Waals surface area (Å²) in [5, 5.41) is 0. The number of rotatable bonds is 1.